The van der Waals surface area contributed by atoms with Crippen LogP contribution in [-0.2, 0) is 0 Å². The summed E-state index contributed by atoms with van der Waals surface area (Å²) < 4.78 is 0. The Labute approximate surface area is 127 Å². The average molecular weight is 275 g/mol. The molecule has 0 radical (unpaired) electrons. The van der Waals surface area contributed by atoms with E-state index in [-0.39, 0.29) is 5.41 Å². The molecule has 0 rings (SSSR count). The van der Waals surface area contributed by atoms with E-state index in [0.717, 1.165) is 37.8 Å². The molecule has 0 aliphatic carbocycles. The van der Waals surface area contributed by atoms with Gasteiger partial charge in [-0.1, -0.05) is 65.4 Å². The zero-order valence-electron chi connectivity index (χ0n) is 14.5. The number of terminal acetylenes is 1. The van der Waals surface area contributed by atoms with E-state index in [1.807, 2.05) is 0 Å². The minimum absolute atomic E-state index is 0.289. The van der Waals surface area contributed by atoms with Gasteiger partial charge in [-0.25, -0.2) is 4.99 Å². The van der Waals surface area contributed by atoms with Crippen molar-refractivity contribution in [2.75, 3.05) is 0 Å². The lowest BCUT2D eigenvalue weighted by atomic mass is 9.78. The van der Waals surface area contributed by atoms with Crippen molar-refractivity contribution in [2.45, 2.75) is 86.5 Å². The maximum Gasteiger partial charge on any atom is 0.0905 e. The van der Waals surface area contributed by atoms with Crippen LogP contribution in [0.2, 0.25) is 0 Å². The number of rotatable bonds is 9. The van der Waals surface area contributed by atoms with Gasteiger partial charge in [0.05, 0.1) is 5.71 Å². The standard InChI is InChI=1S/C19H33N/c1-8-13-18(16(6)10-3)20-17(11-4)15-19(7,12-5)14-9-2/h4H,8-10,12-15H2,1-3,5-7H3/b18-16+,20-17?. The van der Waals surface area contributed by atoms with Crippen LogP contribution in [0.4, 0.5) is 0 Å². The largest absolute Gasteiger partial charge is 0.249 e. The van der Waals surface area contributed by atoms with Gasteiger partial charge < -0.3 is 0 Å². The minimum atomic E-state index is 0.289. The molecule has 0 saturated carbocycles. The van der Waals surface area contributed by atoms with Gasteiger partial charge in [-0.15, -0.1) is 6.42 Å². The topological polar surface area (TPSA) is 12.4 Å². The van der Waals surface area contributed by atoms with Crippen molar-refractivity contribution >= 4 is 5.71 Å². The molecule has 0 amide bonds. The lowest BCUT2D eigenvalue weighted by Gasteiger charge is -2.27. The summed E-state index contributed by atoms with van der Waals surface area (Å²) in [6.45, 7) is 13.4. The Morgan fingerprint density at radius 3 is 2.20 bits per heavy atom. The number of aliphatic imine (C=N–C) groups is 1. The van der Waals surface area contributed by atoms with Gasteiger partial charge >= 0.3 is 0 Å². The molecule has 114 valence electrons. The van der Waals surface area contributed by atoms with Crippen LogP contribution >= 0.6 is 0 Å². The van der Waals surface area contributed by atoms with Crippen LogP contribution < -0.4 is 0 Å². The van der Waals surface area contributed by atoms with Gasteiger partial charge in [-0.05, 0) is 31.6 Å². The zero-order valence-corrected chi connectivity index (χ0v) is 14.5. The van der Waals surface area contributed by atoms with Gasteiger partial charge in [0, 0.05) is 12.1 Å². The smallest absolute Gasteiger partial charge is 0.0905 e. The average Bonchev–Trinajstić information content (AvgIpc) is 2.45. The van der Waals surface area contributed by atoms with E-state index in [9.17, 15) is 0 Å². The Bertz CT molecular complexity index is 381. The highest BCUT2D eigenvalue weighted by Crippen LogP contribution is 2.32. The highest BCUT2D eigenvalue weighted by Gasteiger charge is 2.23. The second kappa shape index (κ2) is 9.81. The van der Waals surface area contributed by atoms with Crippen molar-refractivity contribution in [2.24, 2.45) is 10.4 Å². The van der Waals surface area contributed by atoms with Gasteiger partial charge in [-0.2, -0.15) is 0 Å². The van der Waals surface area contributed by atoms with Crippen LogP contribution in [-0.4, -0.2) is 5.71 Å². The fraction of sp³-hybridized carbons (Fsp3) is 0.737. The predicted molar refractivity (Wildman–Crippen MR) is 92.1 cm³/mol. The second-order valence-electron chi connectivity index (χ2n) is 6.12. The summed E-state index contributed by atoms with van der Waals surface area (Å²) in [5.74, 6) is 2.83. The van der Waals surface area contributed by atoms with Crippen molar-refractivity contribution in [1.82, 2.24) is 0 Å². The molecule has 0 aromatic carbocycles. The molecule has 1 unspecified atom stereocenters. The van der Waals surface area contributed by atoms with E-state index in [0.29, 0.717) is 0 Å². The van der Waals surface area contributed by atoms with Gasteiger partial charge in [0.2, 0.25) is 0 Å². The lowest BCUT2D eigenvalue weighted by molar-refractivity contribution is 0.295. The fourth-order valence-electron chi connectivity index (χ4n) is 2.49. The Hall–Kier alpha value is -1.03. The Morgan fingerprint density at radius 1 is 1.15 bits per heavy atom. The van der Waals surface area contributed by atoms with E-state index >= 15 is 0 Å². The number of hydrogen-bond acceptors (Lipinski definition) is 1. The molecule has 0 aromatic rings. The molecule has 0 spiro atoms. The SMILES string of the molecule is C#CC(CC(C)(CC)CCC)=N/C(CCC)=C(\C)CC. The summed E-state index contributed by atoms with van der Waals surface area (Å²) in [4.78, 5) is 4.83. The van der Waals surface area contributed by atoms with Crippen molar-refractivity contribution in [3.63, 3.8) is 0 Å². The molecule has 1 heteroatoms. The van der Waals surface area contributed by atoms with Crippen LogP contribution in [0, 0.1) is 17.8 Å². The molecule has 0 aliphatic rings. The van der Waals surface area contributed by atoms with Crippen LogP contribution in [0.25, 0.3) is 0 Å². The first-order valence-electron chi connectivity index (χ1n) is 8.19. The van der Waals surface area contributed by atoms with E-state index in [1.54, 1.807) is 0 Å². The number of nitrogens with zero attached hydrogens (tertiary/aromatic N) is 1. The maximum atomic E-state index is 5.71. The maximum absolute atomic E-state index is 5.71. The molecule has 0 aliphatic heterocycles. The molecule has 0 fully saturated rings. The van der Waals surface area contributed by atoms with E-state index in [1.165, 1.54) is 24.1 Å². The van der Waals surface area contributed by atoms with Gasteiger partial charge in [0.15, 0.2) is 0 Å². The van der Waals surface area contributed by atoms with Gasteiger partial charge in [-0.3, -0.25) is 0 Å². The summed E-state index contributed by atoms with van der Waals surface area (Å²) in [5, 5.41) is 0. The zero-order chi connectivity index (χ0) is 15.6. The predicted octanol–water partition coefficient (Wildman–Crippen LogP) is 6.15. The molecule has 0 N–H and O–H groups in total. The van der Waals surface area contributed by atoms with Crippen LogP contribution in [0.1, 0.15) is 86.5 Å². The molecule has 0 bridgehead atoms. The monoisotopic (exact) mass is 275 g/mol. The van der Waals surface area contributed by atoms with Gasteiger partial charge in [0.1, 0.15) is 0 Å². The third kappa shape index (κ3) is 6.42. The van der Waals surface area contributed by atoms with Crippen LogP contribution in [0.3, 0.4) is 0 Å². The normalized spacial score (nSPS) is 16.4. The van der Waals surface area contributed by atoms with E-state index in [2.05, 4.69) is 47.5 Å². The molecule has 0 aromatic heterocycles. The summed E-state index contributed by atoms with van der Waals surface area (Å²) in [7, 11) is 0. The third-order valence-corrected chi connectivity index (χ3v) is 4.25. The van der Waals surface area contributed by atoms with Crippen molar-refractivity contribution in [3.05, 3.63) is 11.3 Å². The molecule has 1 atom stereocenters. The quantitative estimate of drug-likeness (QED) is 0.353. The molecular weight excluding hydrogens is 242 g/mol. The molecule has 1 nitrogen and oxygen atoms in total. The molecule has 0 saturated heterocycles. The van der Waals surface area contributed by atoms with Crippen molar-refractivity contribution in [3.8, 4) is 12.3 Å². The first-order chi connectivity index (χ1) is 9.46. The first kappa shape index (κ1) is 19.0. The highest BCUT2D eigenvalue weighted by molar-refractivity contribution is 6.00. The summed E-state index contributed by atoms with van der Waals surface area (Å²) in [6, 6.07) is 0. The molecule has 20 heavy (non-hydrogen) atoms. The van der Waals surface area contributed by atoms with Crippen molar-refractivity contribution < 1.29 is 0 Å². The number of hydrogen-bond donors (Lipinski definition) is 0. The Balaban J connectivity index is 5.25. The molecule has 0 heterocycles. The van der Waals surface area contributed by atoms with E-state index in [4.69, 9.17) is 11.4 Å². The Kier molecular flexibility index (Phi) is 9.30. The highest BCUT2D eigenvalue weighted by atomic mass is 14.8. The fourth-order valence-corrected chi connectivity index (χ4v) is 2.49. The Morgan fingerprint density at radius 2 is 1.80 bits per heavy atom. The number of allylic oxidation sites excluding steroid dienone is 2. The summed E-state index contributed by atoms with van der Waals surface area (Å²) in [6.07, 6.45) is 13.4. The minimum Gasteiger partial charge on any atom is -0.249 e. The summed E-state index contributed by atoms with van der Waals surface area (Å²) in [5.41, 5.74) is 3.79. The van der Waals surface area contributed by atoms with Gasteiger partial charge in [0.25, 0.3) is 0 Å². The van der Waals surface area contributed by atoms with Crippen LogP contribution in [0.5, 0.6) is 0 Å². The first-order valence-corrected chi connectivity index (χ1v) is 8.19. The third-order valence-electron chi connectivity index (χ3n) is 4.25. The molecular formula is C19H33N. The van der Waals surface area contributed by atoms with E-state index < -0.39 is 0 Å². The second-order valence-corrected chi connectivity index (χ2v) is 6.12. The summed E-state index contributed by atoms with van der Waals surface area (Å²) >= 11 is 0. The lowest BCUT2D eigenvalue weighted by Crippen LogP contribution is -2.19. The van der Waals surface area contributed by atoms with Crippen LogP contribution in [0.15, 0.2) is 16.3 Å². The van der Waals surface area contributed by atoms with Crippen molar-refractivity contribution in [1.29, 1.82) is 0 Å².